The minimum Gasteiger partial charge on any atom is -0.320 e. The van der Waals surface area contributed by atoms with Crippen LogP contribution >= 0.6 is 0 Å². The molecule has 0 radical (unpaired) electrons. The second kappa shape index (κ2) is 30.6. The van der Waals surface area contributed by atoms with Crippen molar-refractivity contribution in [3.8, 4) is 0 Å². The van der Waals surface area contributed by atoms with Gasteiger partial charge in [-0.3, -0.25) is 0 Å². The molecule has 0 amide bonds. The molecule has 0 saturated carbocycles. The summed E-state index contributed by atoms with van der Waals surface area (Å²) in [4.78, 5) is 0. The van der Waals surface area contributed by atoms with Crippen molar-refractivity contribution in [2.45, 2.75) is 101 Å². The number of rotatable bonds is 10. The van der Waals surface area contributed by atoms with Gasteiger partial charge >= 0.3 is 0 Å². The Morgan fingerprint density at radius 1 is 0.825 bits per heavy atom. The molecule has 0 saturated heterocycles. The number of nitrogens with one attached hydrogen (secondary N) is 1. The van der Waals surface area contributed by atoms with Gasteiger partial charge < -0.3 is 5.32 Å². The largest absolute Gasteiger partial charge is 0.320 e. The van der Waals surface area contributed by atoms with Crippen LogP contribution in [0.2, 0.25) is 0 Å². The van der Waals surface area contributed by atoms with Crippen molar-refractivity contribution in [3.63, 3.8) is 0 Å². The van der Waals surface area contributed by atoms with Crippen LogP contribution in [-0.2, 0) is 6.42 Å². The Morgan fingerprint density at radius 3 is 1.80 bits per heavy atom. The maximum absolute atomic E-state index is 3.75. The molecule has 0 aliphatic heterocycles. The van der Waals surface area contributed by atoms with Crippen LogP contribution in [0, 0.1) is 13.8 Å². The zero-order valence-electron chi connectivity index (χ0n) is 28.2. The van der Waals surface area contributed by atoms with Gasteiger partial charge in [0.05, 0.1) is 0 Å². The molecule has 0 heterocycles. The second-order valence-corrected chi connectivity index (χ2v) is 9.40. The summed E-state index contributed by atoms with van der Waals surface area (Å²) in [6.07, 6.45) is 16.4. The van der Waals surface area contributed by atoms with Crippen molar-refractivity contribution in [3.05, 3.63) is 125 Å². The smallest absolute Gasteiger partial charge is 0.00519 e. The van der Waals surface area contributed by atoms with Crippen molar-refractivity contribution >= 4 is 5.57 Å². The van der Waals surface area contributed by atoms with Crippen LogP contribution < -0.4 is 5.32 Å². The fourth-order valence-electron chi connectivity index (χ4n) is 3.50. The molecule has 1 nitrogen and oxygen atoms in total. The quantitative estimate of drug-likeness (QED) is 0.178. The van der Waals surface area contributed by atoms with Gasteiger partial charge in [0.1, 0.15) is 0 Å². The molecule has 0 aromatic heterocycles. The monoisotopic (exact) mass is 545 g/mol. The predicted octanol–water partition coefficient (Wildman–Crippen LogP) is 12.0. The first-order valence-electron chi connectivity index (χ1n) is 15.3. The molecule has 2 aromatic carbocycles. The molecule has 1 N–H and O–H groups in total. The maximum Gasteiger partial charge on any atom is -0.00519 e. The third-order valence-corrected chi connectivity index (χ3v) is 5.85. The van der Waals surface area contributed by atoms with E-state index < -0.39 is 0 Å². The molecule has 0 bridgehead atoms. The number of benzene rings is 2. The minimum atomic E-state index is 1.08. The SMILES string of the molecule is C=C/C=C(C)/C=C(\C=C(\C)CC)c1ccccc1C.C=CC.CC.CCCCCNC.CCc1ccccc1C. The van der Waals surface area contributed by atoms with E-state index in [1.54, 1.807) is 6.08 Å². The Labute approximate surface area is 250 Å². The molecular weight excluding hydrogens is 482 g/mol. The van der Waals surface area contributed by atoms with Crippen molar-refractivity contribution in [2.75, 3.05) is 13.6 Å². The Hall–Kier alpha value is -2.90. The zero-order chi connectivity index (χ0) is 31.2. The van der Waals surface area contributed by atoms with Crippen LogP contribution in [0.3, 0.4) is 0 Å². The number of allylic oxidation sites excluding steroid dienone is 8. The van der Waals surface area contributed by atoms with E-state index in [0.717, 1.165) is 12.8 Å². The van der Waals surface area contributed by atoms with E-state index in [9.17, 15) is 0 Å². The Balaban J connectivity index is -0.000000539. The number of hydrogen-bond acceptors (Lipinski definition) is 1. The van der Waals surface area contributed by atoms with Crippen molar-refractivity contribution in [1.29, 1.82) is 0 Å². The summed E-state index contributed by atoms with van der Waals surface area (Å²) in [5.74, 6) is 0. The lowest BCUT2D eigenvalue weighted by Crippen LogP contribution is -2.06. The minimum absolute atomic E-state index is 1.08. The summed E-state index contributed by atoms with van der Waals surface area (Å²) >= 11 is 0. The van der Waals surface area contributed by atoms with Crippen LogP contribution in [-0.4, -0.2) is 13.6 Å². The van der Waals surface area contributed by atoms with Gasteiger partial charge in [0.15, 0.2) is 0 Å². The second-order valence-electron chi connectivity index (χ2n) is 9.40. The molecule has 0 unspecified atom stereocenters. The summed E-state index contributed by atoms with van der Waals surface area (Å²) in [6.45, 7) is 29.4. The van der Waals surface area contributed by atoms with E-state index in [4.69, 9.17) is 0 Å². The molecular formula is C39H63N. The molecule has 0 aliphatic rings. The number of unbranched alkanes of at least 4 members (excludes halogenated alkanes) is 2. The molecule has 0 fully saturated rings. The standard InChI is InChI=1S/C19H24.C9H12.C6H15N.C3H6.C2H6/c1-6-10-16(4)14-18(13-15(3)7-2)19-12-9-8-11-17(19)5;1-3-9-7-5-4-6-8(9)2;1-3-4-5-6-7-2;1-3-2;1-2/h6,8-14H,1,7H2,2-5H3;4-7H,3H2,1-2H3;7H,3-6H2,1-2H3;3H,1H2,2H3;1-2H3/b15-13-,16-10+,18-14+;;;;. The van der Waals surface area contributed by atoms with E-state index >= 15 is 0 Å². The van der Waals surface area contributed by atoms with E-state index in [1.165, 1.54) is 64.8 Å². The van der Waals surface area contributed by atoms with E-state index in [2.05, 4.69) is 128 Å². The molecule has 0 aliphatic carbocycles. The Morgan fingerprint density at radius 2 is 1.38 bits per heavy atom. The first-order chi connectivity index (χ1) is 19.2. The van der Waals surface area contributed by atoms with Crippen LogP contribution in [0.1, 0.15) is 103 Å². The lowest BCUT2D eigenvalue weighted by atomic mass is 9.96. The average Bonchev–Trinajstić information content (AvgIpc) is 2.96. The summed E-state index contributed by atoms with van der Waals surface area (Å²) in [6, 6.07) is 17.0. The van der Waals surface area contributed by atoms with E-state index in [0.29, 0.717) is 0 Å². The molecule has 1 heteroatoms. The van der Waals surface area contributed by atoms with E-state index in [-0.39, 0.29) is 0 Å². The Kier molecular flexibility index (Phi) is 31.8. The normalized spacial score (nSPS) is 10.7. The van der Waals surface area contributed by atoms with Crippen molar-refractivity contribution in [1.82, 2.24) is 5.32 Å². The highest BCUT2D eigenvalue weighted by atomic mass is 14.8. The third kappa shape index (κ3) is 23.0. The summed E-state index contributed by atoms with van der Waals surface area (Å²) in [5, 5.41) is 3.10. The van der Waals surface area contributed by atoms with Gasteiger partial charge in [0, 0.05) is 0 Å². The first-order valence-corrected chi connectivity index (χ1v) is 15.3. The van der Waals surface area contributed by atoms with Crippen LogP contribution in [0.5, 0.6) is 0 Å². The van der Waals surface area contributed by atoms with Gasteiger partial charge in [-0.25, -0.2) is 0 Å². The highest BCUT2D eigenvalue weighted by molar-refractivity contribution is 5.78. The van der Waals surface area contributed by atoms with Gasteiger partial charge in [-0.1, -0.05) is 144 Å². The van der Waals surface area contributed by atoms with Gasteiger partial charge in [0.2, 0.25) is 0 Å². The average molecular weight is 546 g/mol. The van der Waals surface area contributed by atoms with Gasteiger partial charge in [-0.15, -0.1) is 6.58 Å². The summed E-state index contributed by atoms with van der Waals surface area (Å²) < 4.78 is 0. The highest BCUT2D eigenvalue weighted by Gasteiger charge is 2.02. The molecule has 2 aromatic rings. The maximum atomic E-state index is 3.75. The Bertz CT molecular complexity index is 968. The molecule has 2 rings (SSSR count). The van der Waals surface area contributed by atoms with Gasteiger partial charge in [0.25, 0.3) is 0 Å². The fourth-order valence-corrected chi connectivity index (χ4v) is 3.50. The fraction of sp³-hybridized carbons (Fsp3) is 0.436. The lowest BCUT2D eigenvalue weighted by Gasteiger charge is -2.09. The molecule has 0 atom stereocenters. The van der Waals surface area contributed by atoms with Crippen molar-refractivity contribution < 1.29 is 0 Å². The van der Waals surface area contributed by atoms with Gasteiger partial charge in [-0.2, -0.15) is 0 Å². The van der Waals surface area contributed by atoms with Gasteiger partial charge in [-0.05, 0) is 95.3 Å². The molecule has 224 valence electrons. The number of aryl methyl sites for hydroxylation is 3. The third-order valence-electron chi connectivity index (χ3n) is 5.85. The van der Waals surface area contributed by atoms with Crippen LogP contribution in [0.15, 0.2) is 103 Å². The predicted molar refractivity (Wildman–Crippen MR) is 188 cm³/mol. The lowest BCUT2D eigenvalue weighted by molar-refractivity contribution is 0.667. The number of hydrogen-bond donors (Lipinski definition) is 1. The summed E-state index contributed by atoms with van der Waals surface area (Å²) in [7, 11) is 2.00. The summed E-state index contributed by atoms with van der Waals surface area (Å²) in [5.41, 5.74) is 9.34. The van der Waals surface area contributed by atoms with Crippen LogP contribution in [0.25, 0.3) is 5.57 Å². The zero-order valence-corrected chi connectivity index (χ0v) is 28.2. The highest BCUT2D eigenvalue weighted by Crippen LogP contribution is 2.23. The van der Waals surface area contributed by atoms with E-state index in [1.807, 2.05) is 40.0 Å². The topological polar surface area (TPSA) is 12.0 Å². The molecule has 40 heavy (non-hydrogen) atoms. The van der Waals surface area contributed by atoms with Crippen molar-refractivity contribution in [2.24, 2.45) is 0 Å². The molecule has 0 spiro atoms. The first kappa shape index (κ1) is 41.6. The van der Waals surface area contributed by atoms with Crippen LogP contribution in [0.4, 0.5) is 0 Å².